The predicted octanol–water partition coefficient (Wildman–Crippen LogP) is 2.60. The zero-order valence-electron chi connectivity index (χ0n) is 22.0. The summed E-state index contributed by atoms with van der Waals surface area (Å²) >= 11 is 0. The van der Waals surface area contributed by atoms with Crippen LogP contribution in [0, 0.1) is 13.8 Å². The maximum atomic E-state index is 13.0. The Morgan fingerprint density at radius 1 is 0.842 bits per heavy atom. The molecule has 1 aliphatic rings. The number of nitrogens with zero attached hydrogens (tertiary/aromatic N) is 4. The van der Waals surface area contributed by atoms with E-state index >= 15 is 0 Å². The van der Waals surface area contributed by atoms with E-state index in [4.69, 9.17) is 0 Å². The molecule has 3 aromatic rings. The van der Waals surface area contributed by atoms with Crippen LogP contribution in [0.15, 0.2) is 54.6 Å². The monoisotopic (exact) mass is 515 g/mol. The Hall–Kier alpha value is -4.47. The first kappa shape index (κ1) is 26.6. The number of para-hydroxylation sites is 1. The summed E-state index contributed by atoms with van der Waals surface area (Å²) in [7, 11) is 0. The molecule has 10 nitrogen and oxygen atoms in total. The number of nitrogens with one attached hydrogen (secondary N) is 3. The van der Waals surface area contributed by atoms with Crippen molar-refractivity contribution in [2.75, 3.05) is 54.8 Å². The average Bonchev–Trinajstić information content (AvgIpc) is 2.91. The first-order valence-corrected chi connectivity index (χ1v) is 12.7. The van der Waals surface area contributed by atoms with Gasteiger partial charge in [0.15, 0.2) is 5.82 Å². The van der Waals surface area contributed by atoms with E-state index < -0.39 is 11.8 Å². The molecule has 3 amide bonds. The van der Waals surface area contributed by atoms with Gasteiger partial charge in [0.2, 0.25) is 5.91 Å². The van der Waals surface area contributed by atoms with E-state index in [1.54, 1.807) is 11.0 Å². The van der Waals surface area contributed by atoms with Crippen molar-refractivity contribution in [3.63, 3.8) is 0 Å². The number of carbonyl (C=O) groups is 3. The average molecular weight is 516 g/mol. The van der Waals surface area contributed by atoms with Gasteiger partial charge in [-0.2, -0.15) is 0 Å². The molecular weight excluding hydrogens is 482 g/mol. The van der Waals surface area contributed by atoms with Gasteiger partial charge >= 0.3 is 11.8 Å². The smallest absolute Gasteiger partial charge is 0.315 e. The SMILES string of the molecule is CC(=O)NCCNc1cc(NC(=O)C(=O)N2CCN(c3c(C)cccc3C)CC2)nc(-c2ccccc2)n1. The molecule has 1 fully saturated rings. The molecule has 38 heavy (non-hydrogen) atoms. The lowest BCUT2D eigenvalue weighted by Gasteiger charge is -2.37. The Labute approximate surface area is 222 Å². The van der Waals surface area contributed by atoms with Crippen molar-refractivity contribution < 1.29 is 14.4 Å². The van der Waals surface area contributed by atoms with Crippen LogP contribution in [0.4, 0.5) is 17.3 Å². The Balaban J connectivity index is 1.43. The molecule has 1 aliphatic heterocycles. The normalized spacial score (nSPS) is 13.1. The van der Waals surface area contributed by atoms with Crippen molar-refractivity contribution in [1.29, 1.82) is 0 Å². The van der Waals surface area contributed by atoms with Gasteiger partial charge in [0, 0.05) is 63.5 Å². The second-order valence-electron chi connectivity index (χ2n) is 9.21. The minimum Gasteiger partial charge on any atom is -0.368 e. The van der Waals surface area contributed by atoms with E-state index in [2.05, 4.69) is 56.8 Å². The fourth-order valence-electron chi connectivity index (χ4n) is 4.50. The van der Waals surface area contributed by atoms with Gasteiger partial charge in [0.05, 0.1) is 0 Å². The molecule has 0 aliphatic carbocycles. The first-order chi connectivity index (χ1) is 18.3. The van der Waals surface area contributed by atoms with E-state index in [0.717, 1.165) is 5.56 Å². The number of anilines is 3. The van der Waals surface area contributed by atoms with Crippen LogP contribution in [0.2, 0.25) is 0 Å². The molecule has 0 radical (unpaired) electrons. The van der Waals surface area contributed by atoms with E-state index in [-0.39, 0.29) is 11.7 Å². The molecule has 0 saturated carbocycles. The van der Waals surface area contributed by atoms with Crippen molar-refractivity contribution in [3.8, 4) is 11.4 Å². The highest BCUT2D eigenvalue weighted by Crippen LogP contribution is 2.26. The molecule has 0 bridgehead atoms. The second kappa shape index (κ2) is 12.2. The van der Waals surface area contributed by atoms with Gasteiger partial charge < -0.3 is 25.8 Å². The van der Waals surface area contributed by atoms with Crippen LogP contribution >= 0.6 is 0 Å². The maximum Gasteiger partial charge on any atom is 0.315 e. The topological polar surface area (TPSA) is 120 Å². The summed E-state index contributed by atoms with van der Waals surface area (Å²) in [5.41, 5.74) is 4.35. The summed E-state index contributed by atoms with van der Waals surface area (Å²) in [6.07, 6.45) is 0. The summed E-state index contributed by atoms with van der Waals surface area (Å²) in [5, 5.41) is 8.49. The lowest BCUT2D eigenvalue weighted by atomic mass is 10.1. The van der Waals surface area contributed by atoms with E-state index in [0.29, 0.717) is 50.9 Å². The van der Waals surface area contributed by atoms with Crippen molar-refractivity contribution in [1.82, 2.24) is 20.2 Å². The number of hydrogen-bond acceptors (Lipinski definition) is 7. The van der Waals surface area contributed by atoms with E-state index in [1.807, 2.05) is 36.4 Å². The number of piperazine rings is 1. The zero-order valence-corrected chi connectivity index (χ0v) is 22.0. The summed E-state index contributed by atoms with van der Waals surface area (Å²) < 4.78 is 0. The molecule has 0 atom stereocenters. The Morgan fingerprint density at radius 2 is 1.50 bits per heavy atom. The zero-order chi connectivity index (χ0) is 27.1. The lowest BCUT2D eigenvalue weighted by Crippen LogP contribution is -2.52. The third kappa shape index (κ3) is 6.64. The molecule has 1 aromatic heterocycles. The standard InChI is InChI=1S/C28H33N7O3/c1-19-8-7-9-20(2)25(19)34-14-16-35(17-15-34)28(38)27(37)33-24-18-23(30-13-12-29-21(3)36)31-26(32-24)22-10-5-4-6-11-22/h4-11,18H,12-17H2,1-3H3,(H,29,36)(H2,30,31,32,33,37). The molecule has 198 valence electrons. The van der Waals surface area contributed by atoms with Gasteiger partial charge in [-0.15, -0.1) is 0 Å². The number of carbonyl (C=O) groups excluding carboxylic acids is 3. The third-order valence-electron chi connectivity index (χ3n) is 6.32. The van der Waals surface area contributed by atoms with Crippen LogP contribution in [0.3, 0.4) is 0 Å². The highest BCUT2D eigenvalue weighted by atomic mass is 16.2. The maximum absolute atomic E-state index is 13.0. The highest BCUT2D eigenvalue weighted by Gasteiger charge is 2.27. The minimum absolute atomic E-state index is 0.124. The molecule has 1 saturated heterocycles. The van der Waals surface area contributed by atoms with Crippen LogP contribution < -0.4 is 20.9 Å². The molecule has 2 aromatic carbocycles. The van der Waals surface area contributed by atoms with E-state index in [1.165, 1.54) is 23.7 Å². The van der Waals surface area contributed by atoms with Gasteiger partial charge in [-0.05, 0) is 25.0 Å². The van der Waals surface area contributed by atoms with Crippen LogP contribution in [0.5, 0.6) is 0 Å². The lowest BCUT2D eigenvalue weighted by molar-refractivity contribution is -0.143. The summed E-state index contributed by atoms with van der Waals surface area (Å²) in [4.78, 5) is 49.9. The van der Waals surface area contributed by atoms with Gasteiger partial charge in [-0.3, -0.25) is 14.4 Å². The Kier molecular flexibility index (Phi) is 8.52. The number of aryl methyl sites for hydroxylation is 2. The van der Waals surface area contributed by atoms with Gasteiger partial charge in [-0.1, -0.05) is 48.5 Å². The number of benzene rings is 2. The van der Waals surface area contributed by atoms with Crippen LogP contribution in [0.25, 0.3) is 11.4 Å². The summed E-state index contributed by atoms with van der Waals surface area (Å²) in [6.45, 7) is 8.67. The van der Waals surface area contributed by atoms with Crippen LogP contribution in [-0.2, 0) is 14.4 Å². The van der Waals surface area contributed by atoms with Gasteiger partial charge in [0.1, 0.15) is 11.6 Å². The molecule has 10 heteroatoms. The van der Waals surface area contributed by atoms with Crippen molar-refractivity contribution in [3.05, 3.63) is 65.7 Å². The fraction of sp³-hybridized carbons (Fsp3) is 0.321. The number of hydrogen-bond donors (Lipinski definition) is 3. The quantitative estimate of drug-likeness (QED) is 0.327. The number of aromatic nitrogens is 2. The summed E-state index contributed by atoms with van der Waals surface area (Å²) in [5.74, 6) is -0.373. The van der Waals surface area contributed by atoms with Crippen LogP contribution in [0.1, 0.15) is 18.1 Å². The molecular formula is C28H33N7O3. The number of rotatable bonds is 7. The second-order valence-corrected chi connectivity index (χ2v) is 9.21. The Bertz CT molecular complexity index is 1280. The first-order valence-electron chi connectivity index (χ1n) is 12.7. The number of amides is 3. The molecule has 2 heterocycles. The predicted molar refractivity (Wildman–Crippen MR) is 148 cm³/mol. The molecule has 0 spiro atoms. The third-order valence-corrected chi connectivity index (χ3v) is 6.32. The van der Waals surface area contributed by atoms with Gasteiger partial charge in [0.25, 0.3) is 0 Å². The highest BCUT2D eigenvalue weighted by molar-refractivity contribution is 6.39. The van der Waals surface area contributed by atoms with E-state index in [9.17, 15) is 14.4 Å². The molecule has 0 unspecified atom stereocenters. The van der Waals surface area contributed by atoms with Crippen molar-refractivity contribution in [2.45, 2.75) is 20.8 Å². The van der Waals surface area contributed by atoms with Crippen molar-refractivity contribution in [2.24, 2.45) is 0 Å². The molecule has 4 rings (SSSR count). The van der Waals surface area contributed by atoms with Crippen molar-refractivity contribution >= 4 is 35.0 Å². The summed E-state index contributed by atoms with van der Waals surface area (Å²) in [6, 6.07) is 17.1. The Morgan fingerprint density at radius 3 is 2.16 bits per heavy atom. The van der Waals surface area contributed by atoms with Gasteiger partial charge in [-0.25, -0.2) is 9.97 Å². The molecule has 3 N–H and O–H groups in total. The largest absolute Gasteiger partial charge is 0.368 e. The minimum atomic E-state index is -0.743. The fourth-order valence-corrected chi connectivity index (χ4v) is 4.50. The van der Waals surface area contributed by atoms with Crippen LogP contribution in [-0.4, -0.2) is 71.9 Å².